The summed E-state index contributed by atoms with van der Waals surface area (Å²) in [6, 6.07) is 5.89. The molecule has 4 nitrogen and oxygen atoms in total. The molecule has 6 heteroatoms. The molecule has 2 atom stereocenters. The van der Waals surface area contributed by atoms with E-state index in [-0.39, 0.29) is 11.8 Å². The van der Waals surface area contributed by atoms with Crippen molar-refractivity contribution in [3.05, 3.63) is 33.8 Å². The Kier molecular flexibility index (Phi) is 6.79. The molecule has 2 fully saturated rings. The zero-order chi connectivity index (χ0) is 16.8. The minimum absolute atomic E-state index is 0.0237. The first-order valence-electron chi connectivity index (χ1n) is 8.80. The molecule has 0 amide bonds. The molecule has 24 heavy (non-hydrogen) atoms. The van der Waals surface area contributed by atoms with Crippen LogP contribution in [-0.2, 0) is 15.9 Å². The monoisotopic (exact) mass is 372 g/mol. The molecular weight excluding hydrogens is 347 g/mol. The number of halogens is 2. The van der Waals surface area contributed by atoms with Gasteiger partial charge in [0.15, 0.2) is 6.29 Å². The van der Waals surface area contributed by atoms with E-state index < -0.39 is 0 Å². The van der Waals surface area contributed by atoms with E-state index in [9.17, 15) is 0 Å². The summed E-state index contributed by atoms with van der Waals surface area (Å²) < 4.78 is 11.6. The van der Waals surface area contributed by atoms with Crippen LogP contribution in [0.25, 0.3) is 0 Å². The second kappa shape index (κ2) is 8.84. The largest absolute Gasteiger partial charge is 0.353 e. The van der Waals surface area contributed by atoms with Gasteiger partial charge in [0, 0.05) is 31.8 Å². The fourth-order valence-corrected chi connectivity index (χ4v) is 3.79. The number of rotatable bonds is 6. The van der Waals surface area contributed by atoms with Gasteiger partial charge in [-0.3, -0.25) is 0 Å². The fourth-order valence-electron chi connectivity index (χ4n) is 3.47. The van der Waals surface area contributed by atoms with E-state index in [0.29, 0.717) is 16.7 Å². The SMILES string of the molecule is Clc1ccc(CC2(CCOC3CCCCO3)CNCCN2)cc1Cl. The molecule has 134 valence electrons. The molecule has 2 saturated heterocycles. The molecule has 2 aliphatic heterocycles. The second-order valence-electron chi connectivity index (χ2n) is 6.73. The topological polar surface area (TPSA) is 42.5 Å². The summed E-state index contributed by atoms with van der Waals surface area (Å²) in [4.78, 5) is 0. The number of ether oxygens (including phenoxy) is 2. The van der Waals surface area contributed by atoms with Crippen LogP contribution in [0.15, 0.2) is 18.2 Å². The van der Waals surface area contributed by atoms with Crippen LogP contribution in [-0.4, -0.2) is 44.7 Å². The molecule has 0 saturated carbocycles. The highest BCUT2D eigenvalue weighted by molar-refractivity contribution is 6.42. The average Bonchev–Trinajstić information content (AvgIpc) is 2.60. The van der Waals surface area contributed by atoms with Crippen molar-refractivity contribution in [3.63, 3.8) is 0 Å². The Morgan fingerprint density at radius 3 is 2.83 bits per heavy atom. The maximum Gasteiger partial charge on any atom is 0.157 e. The van der Waals surface area contributed by atoms with Crippen molar-refractivity contribution in [2.24, 2.45) is 0 Å². The summed E-state index contributed by atoms with van der Waals surface area (Å²) in [6.07, 6.45) is 5.14. The van der Waals surface area contributed by atoms with Gasteiger partial charge in [-0.15, -0.1) is 0 Å². The number of hydrogen-bond donors (Lipinski definition) is 2. The van der Waals surface area contributed by atoms with Gasteiger partial charge in [0.25, 0.3) is 0 Å². The maximum atomic E-state index is 6.17. The molecule has 0 spiro atoms. The Bertz CT molecular complexity index is 530. The summed E-state index contributed by atoms with van der Waals surface area (Å²) in [7, 11) is 0. The lowest BCUT2D eigenvalue weighted by Crippen LogP contribution is -2.60. The van der Waals surface area contributed by atoms with Gasteiger partial charge in [-0.05, 0) is 49.8 Å². The number of hydrogen-bond acceptors (Lipinski definition) is 4. The molecule has 0 aliphatic carbocycles. The molecule has 2 aliphatic rings. The highest BCUT2D eigenvalue weighted by atomic mass is 35.5. The van der Waals surface area contributed by atoms with Gasteiger partial charge >= 0.3 is 0 Å². The van der Waals surface area contributed by atoms with Crippen molar-refractivity contribution in [2.75, 3.05) is 32.8 Å². The van der Waals surface area contributed by atoms with E-state index in [0.717, 1.165) is 51.9 Å². The van der Waals surface area contributed by atoms with Crippen molar-refractivity contribution in [1.29, 1.82) is 0 Å². The molecule has 1 aromatic rings. The van der Waals surface area contributed by atoms with Gasteiger partial charge in [0.1, 0.15) is 0 Å². The van der Waals surface area contributed by atoms with Crippen LogP contribution in [0.3, 0.4) is 0 Å². The lowest BCUT2D eigenvalue weighted by Gasteiger charge is -2.39. The van der Waals surface area contributed by atoms with Crippen LogP contribution in [0.4, 0.5) is 0 Å². The third-order valence-electron chi connectivity index (χ3n) is 4.81. The number of nitrogens with one attached hydrogen (secondary N) is 2. The van der Waals surface area contributed by atoms with Crippen molar-refractivity contribution in [3.8, 4) is 0 Å². The smallest absolute Gasteiger partial charge is 0.157 e. The van der Waals surface area contributed by atoms with Gasteiger partial charge < -0.3 is 20.1 Å². The first-order chi connectivity index (χ1) is 11.7. The molecule has 2 N–H and O–H groups in total. The Labute approximate surface area is 154 Å². The van der Waals surface area contributed by atoms with E-state index in [4.69, 9.17) is 32.7 Å². The van der Waals surface area contributed by atoms with Crippen molar-refractivity contribution < 1.29 is 9.47 Å². The Morgan fingerprint density at radius 2 is 2.12 bits per heavy atom. The molecule has 3 rings (SSSR count). The van der Waals surface area contributed by atoms with Crippen LogP contribution < -0.4 is 10.6 Å². The standard InChI is InChI=1S/C18H26Cl2N2O2/c19-15-5-4-14(11-16(15)20)12-18(13-21-7-8-22-18)6-10-24-17-3-1-2-9-23-17/h4-5,11,17,21-22H,1-3,6-10,12-13H2. The van der Waals surface area contributed by atoms with Crippen molar-refractivity contribution in [1.82, 2.24) is 10.6 Å². The van der Waals surface area contributed by atoms with Crippen molar-refractivity contribution >= 4 is 23.2 Å². The second-order valence-corrected chi connectivity index (χ2v) is 7.54. The van der Waals surface area contributed by atoms with Gasteiger partial charge in [0.2, 0.25) is 0 Å². The lowest BCUT2D eigenvalue weighted by atomic mass is 9.86. The van der Waals surface area contributed by atoms with Crippen LogP contribution >= 0.6 is 23.2 Å². The van der Waals surface area contributed by atoms with E-state index in [1.165, 1.54) is 12.0 Å². The van der Waals surface area contributed by atoms with Crippen LogP contribution in [0.5, 0.6) is 0 Å². The lowest BCUT2D eigenvalue weighted by molar-refractivity contribution is -0.165. The number of benzene rings is 1. The van der Waals surface area contributed by atoms with Gasteiger partial charge in [-0.2, -0.15) is 0 Å². The zero-order valence-electron chi connectivity index (χ0n) is 14.0. The molecule has 0 radical (unpaired) electrons. The predicted octanol–water partition coefficient (Wildman–Crippen LogP) is 3.40. The molecular formula is C18H26Cl2N2O2. The third-order valence-corrected chi connectivity index (χ3v) is 5.55. The summed E-state index contributed by atoms with van der Waals surface area (Å²) in [5.74, 6) is 0. The molecule has 2 unspecified atom stereocenters. The Balaban J connectivity index is 1.59. The van der Waals surface area contributed by atoms with E-state index in [2.05, 4.69) is 16.7 Å². The van der Waals surface area contributed by atoms with Crippen molar-refractivity contribution in [2.45, 2.75) is 43.9 Å². The molecule has 2 heterocycles. The van der Waals surface area contributed by atoms with Gasteiger partial charge in [-0.25, -0.2) is 0 Å². The molecule has 1 aromatic carbocycles. The average molecular weight is 373 g/mol. The summed E-state index contributed by atoms with van der Waals surface area (Å²) >= 11 is 12.2. The van der Waals surface area contributed by atoms with E-state index >= 15 is 0 Å². The minimum Gasteiger partial charge on any atom is -0.353 e. The molecule has 0 aromatic heterocycles. The normalized spacial score (nSPS) is 28.0. The summed E-state index contributed by atoms with van der Waals surface area (Å²) in [6.45, 7) is 4.39. The number of piperazine rings is 1. The molecule has 0 bridgehead atoms. The van der Waals surface area contributed by atoms with E-state index in [1.54, 1.807) is 0 Å². The Morgan fingerprint density at radius 1 is 1.21 bits per heavy atom. The fraction of sp³-hybridized carbons (Fsp3) is 0.667. The third kappa shape index (κ3) is 5.07. The van der Waals surface area contributed by atoms with Crippen LogP contribution in [0.2, 0.25) is 10.0 Å². The highest BCUT2D eigenvalue weighted by Crippen LogP contribution is 2.26. The Hall–Kier alpha value is -0.360. The quantitative estimate of drug-likeness (QED) is 0.802. The first kappa shape index (κ1) is 18.4. The van der Waals surface area contributed by atoms with Crippen LogP contribution in [0.1, 0.15) is 31.2 Å². The van der Waals surface area contributed by atoms with Gasteiger partial charge in [-0.1, -0.05) is 29.3 Å². The highest BCUT2D eigenvalue weighted by Gasteiger charge is 2.32. The van der Waals surface area contributed by atoms with E-state index in [1.807, 2.05) is 12.1 Å². The predicted molar refractivity (Wildman–Crippen MR) is 97.9 cm³/mol. The first-order valence-corrected chi connectivity index (χ1v) is 9.55. The summed E-state index contributed by atoms with van der Waals surface area (Å²) in [5.41, 5.74) is 1.17. The minimum atomic E-state index is -0.0303. The van der Waals surface area contributed by atoms with Gasteiger partial charge in [0.05, 0.1) is 16.7 Å². The summed E-state index contributed by atoms with van der Waals surface area (Å²) in [5, 5.41) is 8.41. The zero-order valence-corrected chi connectivity index (χ0v) is 15.5. The maximum absolute atomic E-state index is 6.17. The van der Waals surface area contributed by atoms with Crippen LogP contribution in [0, 0.1) is 0 Å².